The fraction of sp³-hybridized carbons (Fsp3) is 0.333. The number of amides is 2. The zero-order valence-electron chi connectivity index (χ0n) is 16.5. The molecule has 0 heterocycles. The number of ether oxygens (including phenoxy) is 2. The molecular formula is C21H25BrN2O4. The van der Waals surface area contributed by atoms with Gasteiger partial charge in [-0.05, 0) is 61.4 Å². The Morgan fingerprint density at radius 1 is 1.07 bits per heavy atom. The molecule has 2 N–H and O–H groups in total. The number of benzene rings is 2. The van der Waals surface area contributed by atoms with Crippen molar-refractivity contribution < 1.29 is 19.1 Å². The van der Waals surface area contributed by atoms with Gasteiger partial charge in [-0.15, -0.1) is 0 Å². The van der Waals surface area contributed by atoms with Crippen LogP contribution in [0.1, 0.15) is 40.9 Å². The minimum absolute atomic E-state index is 0.141. The van der Waals surface area contributed by atoms with Crippen LogP contribution in [0, 0.1) is 6.92 Å². The highest BCUT2D eigenvalue weighted by Gasteiger charge is 2.16. The first-order valence-electron chi connectivity index (χ1n) is 8.91. The second kappa shape index (κ2) is 10.1. The maximum absolute atomic E-state index is 12.3. The Kier molecular flexibility index (Phi) is 7.87. The van der Waals surface area contributed by atoms with Gasteiger partial charge in [0.2, 0.25) is 5.91 Å². The second-order valence-corrected chi connectivity index (χ2v) is 7.28. The number of hydrogen-bond donors (Lipinski definition) is 2. The van der Waals surface area contributed by atoms with Crippen LogP contribution >= 0.6 is 15.9 Å². The quantitative estimate of drug-likeness (QED) is 0.644. The number of carbonyl (C=O) groups excluding carboxylic acids is 2. The van der Waals surface area contributed by atoms with Crippen molar-refractivity contribution in [3.63, 3.8) is 0 Å². The Hall–Kier alpha value is -2.54. The van der Waals surface area contributed by atoms with Gasteiger partial charge in [-0.2, -0.15) is 0 Å². The molecule has 0 saturated carbocycles. The molecule has 0 bridgehead atoms. The zero-order valence-corrected chi connectivity index (χ0v) is 18.1. The summed E-state index contributed by atoms with van der Waals surface area (Å²) < 4.78 is 11.5. The van der Waals surface area contributed by atoms with E-state index in [1.807, 2.05) is 26.0 Å². The molecule has 0 aliphatic rings. The van der Waals surface area contributed by atoms with Crippen LogP contribution < -0.4 is 20.1 Å². The van der Waals surface area contributed by atoms with E-state index in [-0.39, 0.29) is 30.8 Å². The van der Waals surface area contributed by atoms with Crippen LogP contribution in [0.4, 0.5) is 0 Å². The number of methoxy groups -OCH3 is 2. The maximum Gasteiger partial charge on any atom is 0.251 e. The summed E-state index contributed by atoms with van der Waals surface area (Å²) in [5.74, 6) is 0.922. The molecule has 0 aliphatic carbocycles. The third-order valence-corrected chi connectivity index (χ3v) is 4.89. The molecule has 6 nitrogen and oxygen atoms in total. The highest BCUT2D eigenvalue weighted by molar-refractivity contribution is 9.10. The molecule has 2 amide bonds. The van der Waals surface area contributed by atoms with Crippen molar-refractivity contribution in [2.24, 2.45) is 0 Å². The second-order valence-electron chi connectivity index (χ2n) is 6.37. The predicted molar refractivity (Wildman–Crippen MR) is 112 cm³/mol. The van der Waals surface area contributed by atoms with E-state index in [1.54, 1.807) is 38.5 Å². The van der Waals surface area contributed by atoms with Crippen molar-refractivity contribution >= 4 is 27.7 Å². The van der Waals surface area contributed by atoms with Crippen molar-refractivity contribution in [3.8, 4) is 11.5 Å². The Balaban J connectivity index is 1.89. The van der Waals surface area contributed by atoms with Gasteiger partial charge in [0.1, 0.15) is 0 Å². The first-order chi connectivity index (χ1) is 13.3. The summed E-state index contributed by atoms with van der Waals surface area (Å²) in [7, 11) is 3.17. The SMILES string of the molecule is COc1cc(C)c(C(C)NC(=O)CCNC(=O)c2ccc(Br)cc2)cc1OC. The normalized spacial score (nSPS) is 11.5. The summed E-state index contributed by atoms with van der Waals surface area (Å²) in [6.45, 7) is 4.13. The zero-order chi connectivity index (χ0) is 20.7. The van der Waals surface area contributed by atoms with E-state index in [9.17, 15) is 9.59 Å². The lowest BCUT2D eigenvalue weighted by Crippen LogP contribution is -2.32. The fourth-order valence-corrected chi connectivity index (χ4v) is 3.11. The fourth-order valence-electron chi connectivity index (χ4n) is 2.85. The van der Waals surface area contributed by atoms with E-state index in [0.717, 1.165) is 15.6 Å². The molecule has 0 spiro atoms. The lowest BCUT2D eigenvalue weighted by Gasteiger charge is -2.19. The molecule has 28 heavy (non-hydrogen) atoms. The van der Waals surface area contributed by atoms with E-state index < -0.39 is 0 Å². The van der Waals surface area contributed by atoms with E-state index in [0.29, 0.717) is 17.1 Å². The molecule has 2 aromatic carbocycles. The molecule has 7 heteroatoms. The van der Waals surface area contributed by atoms with Crippen LogP contribution in [-0.4, -0.2) is 32.6 Å². The van der Waals surface area contributed by atoms with E-state index in [1.165, 1.54) is 0 Å². The van der Waals surface area contributed by atoms with Crippen LogP contribution in [0.5, 0.6) is 11.5 Å². The lowest BCUT2D eigenvalue weighted by atomic mass is 10.0. The Morgan fingerprint density at radius 3 is 2.29 bits per heavy atom. The van der Waals surface area contributed by atoms with Crippen molar-refractivity contribution in [2.45, 2.75) is 26.3 Å². The van der Waals surface area contributed by atoms with Crippen LogP contribution in [0.3, 0.4) is 0 Å². The minimum atomic E-state index is -0.205. The van der Waals surface area contributed by atoms with Crippen molar-refractivity contribution in [3.05, 3.63) is 57.6 Å². The van der Waals surface area contributed by atoms with Gasteiger partial charge in [0, 0.05) is 23.0 Å². The number of carbonyl (C=O) groups is 2. The van der Waals surface area contributed by atoms with Crippen LogP contribution in [0.25, 0.3) is 0 Å². The van der Waals surface area contributed by atoms with E-state index in [4.69, 9.17) is 9.47 Å². The molecule has 1 unspecified atom stereocenters. The highest BCUT2D eigenvalue weighted by Crippen LogP contribution is 2.32. The molecule has 0 radical (unpaired) electrons. The molecule has 2 rings (SSSR count). The van der Waals surface area contributed by atoms with Gasteiger partial charge in [-0.25, -0.2) is 0 Å². The van der Waals surface area contributed by atoms with E-state index in [2.05, 4.69) is 26.6 Å². The number of rotatable bonds is 8. The van der Waals surface area contributed by atoms with Crippen LogP contribution in [0.15, 0.2) is 40.9 Å². The third kappa shape index (κ3) is 5.73. The average molecular weight is 449 g/mol. The molecule has 150 valence electrons. The topological polar surface area (TPSA) is 76.7 Å². The monoisotopic (exact) mass is 448 g/mol. The van der Waals surface area contributed by atoms with Gasteiger partial charge in [0.25, 0.3) is 5.91 Å². The molecule has 2 aromatic rings. The van der Waals surface area contributed by atoms with Gasteiger partial charge in [0.15, 0.2) is 11.5 Å². The number of halogens is 1. The number of hydrogen-bond acceptors (Lipinski definition) is 4. The molecule has 0 aliphatic heterocycles. The standard InChI is InChI=1S/C21H25BrN2O4/c1-13-11-18(27-3)19(28-4)12-17(13)14(2)24-20(25)9-10-23-21(26)15-5-7-16(22)8-6-15/h5-8,11-12,14H,9-10H2,1-4H3,(H,23,26)(H,24,25). The van der Waals surface area contributed by atoms with Gasteiger partial charge in [0.05, 0.1) is 20.3 Å². The molecule has 0 fully saturated rings. The van der Waals surface area contributed by atoms with Crippen molar-refractivity contribution in [1.29, 1.82) is 0 Å². The van der Waals surface area contributed by atoms with Gasteiger partial charge >= 0.3 is 0 Å². The largest absolute Gasteiger partial charge is 0.493 e. The van der Waals surface area contributed by atoms with Crippen LogP contribution in [-0.2, 0) is 4.79 Å². The minimum Gasteiger partial charge on any atom is -0.493 e. The Morgan fingerprint density at radius 2 is 1.68 bits per heavy atom. The number of nitrogens with one attached hydrogen (secondary N) is 2. The summed E-state index contributed by atoms with van der Waals surface area (Å²) in [4.78, 5) is 24.3. The Labute approximate surface area is 173 Å². The summed E-state index contributed by atoms with van der Waals surface area (Å²) in [6, 6.07) is 10.6. The molecular weight excluding hydrogens is 424 g/mol. The smallest absolute Gasteiger partial charge is 0.251 e. The average Bonchev–Trinajstić information content (AvgIpc) is 2.67. The summed E-state index contributed by atoms with van der Waals surface area (Å²) in [6.07, 6.45) is 0.193. The highest BCUT2D eigenvalue weighted by atomic mass is 79.9. The summed E-state index contributed by atoms with van der Waals surface area (Å²) in [5.41, 5.74) is 2.50. The number of aryl methyl sites for hydroxylation is 1. The molecule has 0 saturated heterocycles. The van der Waals surface area contributed by atoms with Crippen molar-refractivity contribution in [1.82, 2.24) is 10.6 Å². The van der Waals surface area contributed by atoms with Gasteiger partial charge < -0.3 is 20.1 Å². The van der Waals surface area contributed by atoms with Gasteiger partial charge in [-0.1, -0.05) is 15.9 Å². The first kappa shape index (κ1) is 21.8. The summed E-state index contributed by atoms with van der Waals surface area (Å²) in [5, 5.41) is 5.71. The summed E-state index contributed by atoms with van der Waals surface area (Å²) >= 11 is 3.33. The lowest BCUT2D eigenvalue weighted by molar-refractivity contribution is -0.121. The molecule has 1 atom stereocenters. The van der Waals surface area contributed by atoms with E-state index >= 15 is 0 Å². The predicted octanol–water partition coefficient (Wildman–Crippen LogP) is 3.77. The third-order valence-electron chi connectivity index (χ3n) is 4.36. The first-order valence-corrected chi connectivity index (χ1v) is 9.70. The molecule has 0 aromatic heterocycles. The Bertz CT molecular complexity index is 837. The van der Waals surface area contributed by atoms with Crippen LogP contribution in [0.2, 0.25) is 0 Å². The maximum atomic E-state index is 12.3. The van der Waals surface area contributed by atoms with Gasteiger partial charge in [-0.3, -0.25) is 9.59 Å². The van der Waals surface area contributed by atoms with Crippen molar-refractivity contribution in [2.75, 3.05) is 20.8 Å².